The molecule has 0 aliphatic carbocycles. The topological polar surface area (TPSA) is 106 Å². The molecule has 0 unspecified atom stereocenters. The zero-order valence-electron chi connectivity index (χ0n) is 14.6. The second-order valence-corrected chi connectivity index (χ2v) is 5.74. The average Bonchev–Trinajstić information content (AvgIpc) is 2.68. The number of non-ortho nitro benzene ring substituents is 1. The Bertz CT molecular complexity index is 985. The van der Waals surface area contributed by atoms with Crippen LogP contribution in [0, 0.1) is 10.1 Å². The number of amides is 1. The number of nitro groups is 1. The Morgan fingerprint density at radius 3 is 2.78 bits per heavy atom. The average molecular weight is 366 g/mol. The fourth-order valence-electron chi connectivity index (χ4n) is 2.67. The van der Waals surface area contributed by atoms with Gasteiger partial charge in [0.25, 0.3) is 11.6 Å². The van der Waals surface area contributed by atoms with Gasteiger partial charge in [-0.1, -0.05) is 18.2 Å². The van der Waals surface area contributed by atoms with E-state index in [1.165, 1.54) is 18.2 Å². The molecule has 2 aromatic carbocycles. The van der Waals surface area contributed by atoms with Gasteiger partial charge in [-0.15, -0.1) is 0 Å². The molecule has 8 heteroatoms. The summed E-state index contributed by atoms with van der Waals surface area (Å²) >= 11 is 0. The summed E-state index contributed by atoms with van der Waals surface area (Å²) < 4.78 is 4.99. The molecule has 27 heavy (non-hydrogen) atoms. The Morgan fingerprint density at radius 1 is 1.19 bits per heavy atom. The molecule has 1 amide bonds. The Labute approximate surface area is 155 Å². The molecule has 1 heterocycles. The van der Waals surface area contributed by atoms with Crippen molar-refractivity contribution in [3.8, 4) is 0 Å². The third-order valence-corrected chi connectivity index (χ3v) is 3.96. The number of hydrogen-bond acceptors (Lipinski definition) is 6. The highest BCUT2D eigenvalue weighted by Crippen LogP contribution is 2.25. The van der Waals surface area contributed by atoms with Gasteiger partial charge >= 0.3 is 0 Å². The molecular weight excluding hydrogens is 348 g/mol. The number of carbonyl (C=O) groups is 1. The number of hydrogen-bond donors (Lipinski definition) is 2. The van der Waals surface area contributed by atoms with Crippen LogP contribution >= 0.6 is 0 Å². The Balaban J connectivity index is 1.94. The Morgan fingerprint density at radius 2 is 2.00 bits per heavy atom. The third-order valence-electron chi connectivity index (χ3n) is 3.96. The van der Waals surface area contributed by atoms with Crippen LogP contribution in [0.3, 0.4) is 0 Å². The summed E-state index contributed by atoms with van der Waals surface area (Å²) in [5, 5.41) is 17.8. The second-order valence-electron chi connectivity index (χ2n) is 5.74. The van der Waals surface area contributed by atoms with Crippen molar-refractivity contribution in [3.05, 3.63) is 70.4 Å². The van der Waals surface area contributed by atoms with Gasteiger partial charge in [0, 0.05) is 43.1 Å². The van der Waals surface area contributed by atoms with E-state index in [0.717, 1.165) is 5.39 Å². The predicted molar refractivity (Wildman–Crippen MR) is 103 cm³/mol. The first-order chi connectivity index (χ1) is 13.1. The smallest absolute Gasteiger partial charge is 0.270 e. The van der Waals surface area contributed by atoms with Crippen molar-refractivity contribution in [1.82, 2.24) is 4.98 Å². The number of benzene rings is 2. The van der Waals surface area contributed by atoms with Crippen LogP contribution < -0.4 is 10.6 Å². The lowest BCUT2D eigenvalue weighted by molar-refractivity contribution is -0.384. The number of aromatic nitrogens is 1. The molecular formula is C19H18N4O4. The lowest BCUT2D eigenvalue weighted by Crippen LogP contribution is -2.17. The van der Waals surface area contributed by atoms with Gasteiger partial charge in [-0.25, -0.2) is 0 Å². The molecule has 0 aliphatic rings. The summed E-state index contributed by atoms with van der Waals surface area (Å²) in [5.41, 5.74) is 1.69. The first-order valence-corrected chi connectivity index (χ1v) is 8.26. The lowest BCUT2D eigenvalue weighted by atomic mass is 10.1. The van der Waals surface area contributed by atoms with Crippen molar-refractivity contribution in [2.75, 3.05) is 30.9 Å². The number of ether oxygens (including phenoxy) is 1. The van der Waals surface area contributed by atoms with E-state index in [2.05, 4.69) is 15.6 Å². The van der Waals surface area contributed by atoms with Crippen LogP contribution in [0.2, 0.25) is 0 Å². The number of rotatable bonds is 7. The highest BCUT2D eigenvalue weighted by atomic mass is 16.6. The van der Waals surface area contributed by atoms with Gasteiger partial charge in [-0.2, -0.15) is 0 Å². The van der Waals surface area contributed by atoms with Crippen molar-refractivity contribution >= 4 is 33.9 Å². The second kappa shape index (κ2) is 8.24. The molecule has 3 aromatic rings. The molecule has 0 radical (unpaired) electrons. The fraction of sp³-hybridized carbons (Fsp3) is 0.158. The lowest BCUT2D eigenvalue weighted by Gasteiger charge is -2.13. The number of anilines is 2. The van der Waals surface area contributed by atoms with E-state index in [9.17, 15) is 14.9 Å². The monoisotopic (exact) mass is 366 g/mol. The van der Waals surface area contributed by atoms with Crippen LogP contribution in [0.4, 0.5) is 17.1 Å². The van der Waals surface area contributed by atoms with Crippen molar-refractivity contribution in [2.45, 2.75) is 0 Å². The van der Waals surface area contributed by atoms with Gasteiger partial charge in [0.05, 0.1) is 28.3 Å². The van der Waals surface area contributed by atoms with Gasteiger partial charge in [-0.3, -0.25) is 19.9 Å². The minimum atomic E-state index is -0.533. The van der Waals surface area contributed by atoms with E-state index >= 15 is 0 Å². The number of carbonyl (C=O) groups excluding carboxylic acids is 1. The van der Waals surface area contributed by atoms with E-state index in [-0.39, 0.29) is 11.3 Å². The van der Waals surface area contributed by atoms with E-state index in [4.69, 9.17) is 4.74 Å². The number of nitro benzene ring substituents is 1. The number of fused-ring (bicyclic) bond motifs is 1. The zero-order chi connectivity index (χ0) is 19.2. The van der Waals surface area contributed by atoms with Gasteiger partial charge in [-0.05, 0) is 18.2 Å². The van der Waals surface area contributed by atoms with Crippen LogP contribution in [-0.2, 0) is 4.74 Å². The molecule has 0 saturated heterocycles. The quantitative estimate of drug-likeness (QED) is 0.377. The van der Waals surface area contributed by atoms with Gasteiger partial charge in [0.1, 0.15) is 0 Å². The third kappa shape index (κ3) is 4.18. The molecule has 0 atom stereocenters. The zero-order valence-corrected chi connectivity index (χ0v) is 14.6. The SMILES string of the molecule is COCCNc1ccc([N+](=O)[O-])cc1C(=O)Nc1cccc2cccnc12. The molecule has 138 valence electrons. The largest absolute Gasteiger partial charge is 0.383 e. The van der Waals surface area contributed by atoms with Crippen LogP contribution in [0.25, 0.3) is 10.9 Å². The summed E-state index contributed by atoms with van der Waals surface area (Å²) in [6.07, 6.45) is 1.64. The number of para-hydroxylation sites is 1. The maximum atomic E-state index is 12.9. The predicted octanol–water partition coefficient (Wildman–Crippen LogP) is 3.45. The van der Waals surface area contributed by atoms with Crippen LogP contribution in [0.15, 0.2) is 54.7 Å². The number of methoxy groups -OCH3 is 1. The van der Waals surface area contributed by atoms with E-state index in [1.54, 1.807) is 19.4 Å². The van der Waals surface area contributed by atoms with Gasteiger partial charge in [0.15, 0.2) is 0 Å². The molecule has 0 saturated carbocycles. The maximum Gasteiger partial charge on any atom is 0.270 e. The summed E-state index contributed by atoms with van der Waals surface area (Å²) in [5.74, 6) is -0.461. The maximum absolute atomic E-state index is 12.9. The van der Waals surface area contributed by atoms with Crippen LogP contribution in [0.1, 0.15) is 10.4 Å². The minimum absolute atomic E-state index is 0.159. The fourth-order valence-corrected chi connectivity index (χ4v) is 2.67. The summed E-state index contributed by atoms with van der Waals surface area (Å²) in [6.45, 7) is 0.899. The molecule has 3 rings (SSSR count). The number of pyridine rings is 1. The number of nitrogens with one attached hydrogen (secondary N) is 2. The number of nitrogens with zero attached hydrogens (tertiary/aromatic N) is 2. The highest BCUT2D eigenvalue weighted by molar-refractivity contribution is 6.11. The van der Waals surface area contributed by atoms with E-state index in [0.29, 0.717) is 30.0 Å². The first-order valence-electron chi connectivity index (χ1n) is 8.26. The van der Waals surface area contributed by atoms with Crippen LogP contribution in [0.5, 0.6) is 0 Å². The summed E-state index contributed by atoms with van der Waals surface area (Å²) in [4.78, 5) is 27.7. The first kappa shape index (κ1) is 18.3. The van der Waals surface area contributed by atoms with E-state index in [1.807, 2.05) is 24.3 Å². The normalized spacial score (nSPS) is 10.6. The molecule has 0 spiro atoms. The van der Waals surface area contributed by atoms with Crippen LogP contribution in [-0.4, -0.2) is 36.1 Å². The summed E-state index contributed by atoms with van der Waals surface area (Å²) in [6, 6.07) is 13.3. The molecule has 2 N–H and O–H groups in total. The summed E-state index contributed by atoms with van der Waals surface area (Å²) in [7, 11) is 1.57. The van der Waals surface area contributed by atoms with Crippen molar-refractivity contribution in [1.29, 1.82) is 0 Å². The molecule has 0 fully saturated rings. The van der Waals surface area contributed by atoms with Crippen molar-refractivity contribution < 1.29 is 14.5 Å². The van der Waals surface area contributed by atoms with Gasteiger partial charge in [0.2, 0.25) is 0 Å². The molecule has 1 aromatic heterocycles. The van der Waals surface area contributed by atoms with Crippen molar-refractivity contribution in [2.24, 2.45) is 0 Å². The Hall–Kier alpha value is -3.52. The molecule has 8 nitrogen and oxygen atoms in total. The van der Waals surface area contributed by atoms with Gasteiger partial charge < -0.3 is 15.4 Å². The standard InChI is InChI=1S/C19H18N4O4/c1-27-11-10-20-16-8-7-14(23(25)26)12-15(16)19(24)22-17-6-2-4-13-5-3-9-21-18(13)17/h2-9,12,20H,10-11H2,1H3,(H,22,24). The minimum Gasteiger partial charge on any atom is -0.383 e. The Kier molecular flexibility index (Phi) is 5.58. The van der Waals surface area contributed by atoms with E-state index < -0.39 is 10.8 Å². The molecule has 0 bridgehead atoms. The van der Waals surface area contributed by atoms with Crippen molar-refractivity contribution in [3.63, 3.8) is 0 Å². The highest BCUT2D eigenvalue weighted by Gasteiger charge is 2.18. The molecule has 0 aliphatic heterocycles.